The highest BCUT2D eigenvalue weighted by Gasteiger charge is 2.14. The fourth-order valence-electron chi connectivity index (χ4n) is 1.47. The molecule has 1 atom stereocenters. The molecule has 1 unspecified atom stereocenters. The Balaban J connectivity index is 2.12. The molecule has 0 radical (unpaired) electrons. The van der Waals surface area contributed by atoms with E-state index in [2.05, 4.69) is 26.2 Å². The Hall–Kier alpha value is -0.910. The molecule has 3 nitrogen and oxygen atoms in total. The van der Waals surface area contributed by atoms with E-state index in [-0.39, 0.29) is 11.9 Å². The molecule has 0 aliphatic heterocycles. The number of carbonyl (C=O) groups excluding carboxylic acids is 1. The van der Waals surface area contributed by atoms with Gasteiger partial charge in [-0.3, -0.25) is 4.79 Å². The second-order valence-corrected chi connectivity index (χ2v) is 6.00. The van der Waals surface area contributed by atoms with Crippen LogP contribution < -0.4 is 5.32 Å². The van der Waals surface area contributed by atoms with Gasteiger partial charge < -0.3 is 5.32 Å². The zero-order chi connectivity index (χ0) is 13.1. The second kappa shape index (κ2) is 5.82. The van der Waals surface area contributed by atoms with Crippen LogP contribution in [0.2, 0.25) is 5.02 Å². The third kappa shape index (κ3) is 3.31. The largest absolute Gasteiger partial charge is 0.343 e. The maximum Gasteiger partial charge on any atom is 0.251 e. The van der Waals surface area contributed by atoms with Gasteiger partial charge in [-0.1, -0.05) is 27.5 Å². The minimum atomic E-state index is -0.166. The lowest BCUT2D eigenvalue weighted by molar-refractivity contribution is 0.0940. The fraction of sp³-hybridized carbons (Fsp3) is 0.167. The van der Waals surface area contributed by atoms with E-state index in [4.69, 9.17) is 11.6 Å². The van der Waals surface area contributed by atoms with Crippen LogP contribution >= 0.6 is 38.9 Å². The van der Waals surface area contributed by atoms with Gasteiger partial charge in [-0.2, -0.15) is 0 Å². The third-order valence-electron chi connectivity index (χ3n) is 2.29. The van der Waals surface area contributed by atoms with Crippen LogP contribution in [0, 0.1) is 0 Å². The number of halogens is 2. The molecule has 1 N–H and O–H groups in total. The highest BCUT2D eigenvalue weighted by Crippen LogP contribution is 2.21. The zero-order valence-corrected chi connectivity index (χ0v) is 12.6. The molecule has 1 aromatic heterocycles. The van der Waals surface area contributed by atoms with E-state index in [1.54, 1.807) is 24.4 Å². The molecule has 0 aliphatic carbocycles. The van der Waals surface area contributed by atoms with E-state index in [1.165, 1.54) is 11.3 Å². The summed E-state index contributed by atoms with van der Waals surface area (Å²) in [6.45, 7) is 1.90. The van der Waals surface area contributed by atoms with Crippen LogP contribution in [0.15, 0.2) is 34.2 Å². The van der Waals surface area contributed by atoms with E-state index in [1.807, 2.05) is 12.3 Å². The summed E-state index contributed by atoms with van der Waals surface area (Å²) in [7, 11) is 0. The predicted molar refractivity (Wildman–Crippen MR) is 77.1 cm³/mol. The van der Waals surface area contributed by atoms with Gasteiger partial charge in [-0.25, -0.2) is 4.98 Å². The summed E-state index contributed by atoms with van der Waals surface area (Å²) in [5.41, 5.74) is 0.526. The van der Waals surface area contributed by atoms with Crippen LogP contribution in [0.4, 0.5) is 0 Å². The molecule has 6 heteroatoms. The second-order valence-electron chi connectivity index (χ2n) is 3.72. The van der Waals surface area contributed by atoms with Crippen molar-refractivity contribution in [2.45, 2.75) is 13.0 Å². The van der Waals surface area contributed by atoms with Crippen molar-refractivity contribution >= 4 is 44.8 Å². The number of hydrogen-bond donors (Lipinski definition) is 1. The molecule has 0 saturated heterocycles. The summed E-state index contributed by atoms with van der Waals surface area (Å²) in [6, 6.07) is 4.99. The maximum atomic E-state index is 12.0. The molecule has 0 fully saturated rings. The van der Waals surface area contributed by atoms with E-state index >= 15 is 0 Å². The van der Waals surface area contributed by atoms with Gasteiger partial charge in [0.1, 0.15) is 5.01 Å². The lowest BCUT2D eigenvalue weighted by atomic mass is 10.2. The molecule has 1 amide bonds. The number of nitrogens with one attached hydrogen (secondary N) is 1. The molecule has 1 heterocycles. The first-order chi connectivity index (χ1) is 8.56. The zero-order valence-electron chi connectivity index (χ0n) is 9.48. The van der Waals surface area contributed by atoms with Crippen LogP contribution in [0.25, 0.3) is 0 Å². The van der Waals surface area contributed by atoms with Crippen LogP contribution in [0.3, 0.4) is 0 Å². The lowest BCUT2D eigenvalue weighted by Crippen LogP contribution is -2.26. The summed E-state index contributed by atoms with van der Waals surface area (Å²) < 4.78 is 0.780. The third-order valence-corrected chi connectivity index (χ3v) is 3.93. The Kier molecular flexibility index (Phi) is 4.37. The van der Waals surface area contributed by atoms with Crippen molar-refractivity contribution in [2.24, 2.45) is 0 Å². The van der Waals surface area contributed by atoms with Crippen molar-refractivity contribution in [1.82, 2.24) is 10.3 Å². The maximum absolute atomic E-state index is 12.0. The number of benzene rings is 1. The average Bonchev–Trinajstić information content (AvgIpc) is 2.80. The van der Waals surface area contributed by atoms with Crippen molar-refractivity contribution in [2.75, 3.05) is 0 Å². The van der Waals surface area contributed by atoms with E-state index in [0.717, 1.165) is 9.48 Å². The summed E-state index contributed by atoms with van der Waals surface area (Å²) in [4.78, 5) is 16.2. The summed E-state index contributed by atoms with van der Waals surface area (Å²) in [5.74, 6) is -0.166. The van der Waals surface area contributed by atoms with E-state index in [0.29, 0.717) is 10.6 Å². The molecule has 0 spiro atoms. The van der Waals surface area contributed by atoms with E-state index in [9.17, 15) is 4.79 Å². The molecule has 2 aromatic rings. The van der Waals surface area contributed by atoms with E-state index < -0.39 is 0 Å². The smallest absolute Gasteiger partial charge is 0.251 e. The Morgan fingerprint density at radius 2 is 2.28 bits per heavy atom. The van der Waals surface area contributed by atoms with Crippen molar-refractivity contribution in [3.8, 4) is 0 Å². The molecule has 18 heavy (non-hydrogen) atoms. The highest BCUT2D eigenvalue weighted by molar-refractivity contribution is 9.10. The van der Waals surface area contributed by atoms with Gasteiger partial charge >= 0.3 is 0 Å². The Morgan fingerprint density at radius 1 is 1.50 bits per heavy atom. The van der Waals surface area contributed by atoms with Crippen LogP contribution in [-0.4, -0.2) is 10.9 Å². The summed E-state index contributed by atoms with van der Waals surface area (Å²) in [6.07, 6.45) is 1.72. The van der Waals surface area contributed by atoms with Crippen LogP contribution in [0.5, 0.6) is 0 Å². The number of nitrogens with zero attached hydrogens (tertiary/aromatic N) is 1. The predicted octanol–water partition coefficient (Wildman–Crippen LogP) is 4.05. The van der Waals surface area contributed by atoms with Crippen LogP contribution in [0.1, 0.15) is 28.3 Å². The average molecular weight is 346 g/mol. The quantitative estimate of drug-likeness (QED) is 0.912. The Labute approximate surface area is 122 Å². The number of amides is 1. The first-order valence-electron chi connectivity index (χ1n) is 5.22. The van der Waals surface area contributed by atoms with Gasteiger partial charge in [0, 0.05) is 26.6 Å². The molecule has 0 saturated carbocycles. The standard InChI is InChI=1S/C12H10BrClN2OS/c1-7(12-15-2-3-18-12)16-11(17)8-4-9(13)6-10(14)5-8/h2-7H,1H3,(H,16,17). The summed E-state index contributed by atoms with van der Waals surface area (Å²) >= 11 is 10.7. The minimum Gasteiger partial charge on any atom is -0.343 e. The summed E-state index contributed by atoms with van der Waals surface area (Å²) in [5, 5.41) is 6.17. The number of rotatable bonds is 3. The normalized spacial score (nSPS) is 12.2. The lowest BCUT2D eigenvalue weighted by Gasteiger charge is -2.11. The first kappa shape index (κ1) is 13.5. The molecule has 2 rings (SSSR count). The molecular formula is C12H10BrClN2OS. The van der Waals surface area contributed by atoms with Gasteiger partial charge in [0.05, 0.1) is 6.04 Å². The van der Waals surface area contributed by atoms with Crippen LogP contribution in [-0.2, 0) is 0 Å². The van der Waals surface area contributed by atoms with Gasteiger partial charge in [0.2, 0.25) is 0 Å². The van der Waals surface area contributed by atoms with Gasteiger partial charge in [-0.15, -0.1) is 11.3 Å². The number of aromatic nitrogens is 1. The molecule has 94 valence electrons. The minimum absolute atomic E-state index is 0.116. The monoisotopic (exact) mass is 344 g/mol. The van der Waals surface area contributed by atoms with Gasteiger partial charge in [0.25, 0.3) is 5.91 Å². The molecule has 0 bridgehead atoms. The SMILES string of the molecule is CC(NC(=O)c1cc(Cl)cc(Br)c1)c1nccs1. The van der Waals surface area contributed by atoms with Gasteiger partial charge in [-0.05, 0) is 25.1 Å². The van der Waals surface area contributed by atoms with Crippen molar-refractivity contribution in [1.29, 1.82) is 0 Å². The number of hydrogen-bond acceptors (Lipinski definition) is 3. The topological polar surface area (TPSA) is 42.0 Å². The van der Waals surface area contributed by atoms with Crippen molar-refractivity contribution in [3.63, 3.8) is 0 Å². The molecule has 1 aromatic carbocycles. The first-order valence-corrected chi connectivity index (χ1v) is 7.27. The van der Waals surface area contributed by atoms with Crippen molar-refractivity contribution < 1.29 is 4.79 Å². The highest BCUT2D eigenvalue weighted by atomic mass is 79.9. The number of thiazole rings is 1. The Morgan fingerprint density at radius 3 is 2.89 bits per heavy atom. The molecule has 0 aliphatic rings. The van der Waals surface area contributed by atoms with Gasteiger partial charge in [0.15, 0.2) is 0 Å². The molecular weight excluding hydrogens is 336 g/mol. The van der Waals surface area contributed by atoms with Crippen molar-refractivity contribution in [3.05, 3.63) is 49.8 Å². The number of carbonyl (C=O) groups is 1. The Bertz CT molecular complexity index is 539. The fourth-order valence-corrected chi connectivity index (χ4v) is 2.98.